The van der Waals surface area contributed by atoms with Gasteiger partial charge in [0.05, 0.1) is 31.5 Å². The zero-order valence-corrected chi connectivity index (χ0v) is 19.2. The second-order valence-electron chi connectivity index (χ2n) is 9.23. The zero-order valence-electron chi connectivity index (χ0n) is 19.2. The number of aryl methyl sites for hydroxylation is 2. The van der Waals surface area contributed by atoms with Crippen molar-refractivity contribution in [1.29, 1.82) is 0 Å². The summed E-state index contributed by atoms with van der Waals surface area (Å²) in [5.74, 6) is -0.905. The highest BCUT2D eigenvalue weighted by Gasteiger charge is 2.41. The Labute approximate surface area is 194 Å². The van der Waals surface area contributed by atoms with Gasteiger partial charge in [-0.15, -0.1) is 0 Å². The normalized spacial score (nSPS) is 22.7. The van der Waals surface area contributed by atoms with Crippen LogP contribution in [-0.4, -0.2) is 60.2 Å². The highest BCUT2D eigenvalue weighted by molar-refractivity contribution is 6.04. The van der Waals surface area contributed by atoms with Crippen LogP contribution in [0.2, 0.25) is 0 Å². The molecule has 2 fully saturated rings. The van der Waals surface area contributed by atoms with Gasteiger partial charge in [-0.05, 0) is 31.5 Å². The van der Waals surface area contributed by atoms with Crippen molar-refractivity contribution in [2.45, 2.75) is 44.9 Å². The van der Waals surface area contributed by atoms with Gasteiger partial charge in [0, 0.05) is 43.5 Å². The number of amides is 1. The standard InChI is InChI=1S/C26H30FN3O3/c1-18-7-8-19(2)21(15-18)23-16-24(20-5-3-4-6-22(20)27)30(28-23)25(31)17-29-11-9-26(10-12-29)32-13-14-33-26/h3-8,15,24H,9-14,16-17H2,1-2H3. The SMILES string of the molecule is Cc1ccc(C)c(C2=NN(C(=O)CN3CCC4(CC3)OCCO4)C(c3ccccc3F)C2)c1. The van der Waals surface area contributed by atoms with Crippen LogP contribution in [0.15, 0.2) is 47.6 Å². The Balaban J connectivity index is 1.38. The lowest BCUT2D eigenvalue weighted by atomic mass is 9.95. The molecule has 3 aliphatic heterocycles. The first-order valence-electron chi connectivity index (χ1n) is 11.7. The van der Waals surface area contributed by atoms with E-state index in [0.29, 0.717) is 25.2 Å². The number of hydrogen-bond donors (Lipinski definition) is 0. The third kappa shape index (κ3) is 4.45. The minimum absolute atomic E-state index is 0.118. The molecule has 1 unspecified atom stereocenters. The van der Waals surface area contributed by atoms with Crippen LogP contribution in [-0.2, 0) is 14.3 Å². The number of piperidine rings is 1. The number of nitrogens with zero attached hydrogens (tertiary/aromatic N) is 3. The van der Waals surface area contributed by atoms with Gasteiger partial charge in [0.25, 0.3) is 5.91 Å². The molecule has 174 valence electrons. The maximum absolute atomic E-state index is 14.8. The van der Waals surface area contributed by atoms with Crippen LogP contribution < -0.4 is 0 Å². The van der Waals surface area contributed by atoms with E-state index in [0.717, 1.165) is 48.3 Å². The minimum Gasteiger partial charge on any atom is -0.347 e. The van der Waals surface area contributed by atoms with Crippen molar-refractivity contribution < 1.29 is 18.7 Å². The molecule has 0 aliphatic carbocycles. The molecule has 7 heteroatoms. The lowest BCUT2D eigenvalue weighted by Crippen LogP contribution is -2.48. The Kier molecular flexibility index (Phi) is 6.03. The lowest BCUT2D eigenvalue weighted by molar-refractivity contribution is -0.186. The summed E-state index contributed by atoms with van der Waals surface area (Å²) in [6.45, 7) is 7.02. The van der Waals surface area contributed by atoms with E-state index in [2.05, 4.69) is 23.1 Å². The molecule has 33 heavy (non-hydrogen) atoms. The summed E-state index contributed by atoms with van der Waals surface area (Å²) in [5, 5.41) is 6.26. The number of carbonyl (C=O) groups is 1. The van der Waals surface area contributed by atoms with Gasteiger partial charge in [-0.1, -0.05) is 35.9 Å². The average Bonchev–Trinajstić information content (AvgIpc) is 3.45. The molecule has 0 N–H and O–H groups in total. The second-order valence-corrected chi connectivity index (χ2v) is 9.23. The van der Waals surface area contributed by atoms with Crippen molar-refractivity contribution >= 4 is 11.6 Å². The summed E-state index contributed by atoms with van der Waals surface area (Å²) in [4.78, 5) is 15.6. The van der Waals surface area contributed by atoms with Gasteiger partial charge >= 0.3 is 0 Å². The monoisotopic (exact) mass is 451 g/mol. The molecule has 1 spiro atoms. The predicted octanol–water partition coefficient (Wildman–Crippen LogP) is 3.96. The number of ether oxygens (including phenoxy) is 2. The third-order valence-electron chi connectivity index (χ3n) is 6.92. The molecule has 2 aromatic carbocycles. The molecule has 2 aromatic rings. The smallest absolute Gasteiger partial charge is 0.257 e. The van der Waals surface area contributed by atoms with Gasteiger partial charge in [0.1, 0.15) is 5.82 Å². The number of hydrazone groups is 1. The summed E-state index contributed by atoms with van der Waals surface area (Å²) in [7, 11) is 0. The van der Waals surface area contributed by atoms with Crippen LogP contribution >= 0.6 is 0 Å². The number of hydrogen-bond acceptors (Lipinski definition) is 5. The molecule has 0 saturated carbocycles. The van der Waals surface area contributed by atoms with Gasteiger partial charge in [-0.2, -0.15) is 5.10 Å². The van der Waals surface area contributed by atoms with E-state index >= 15 is 0 Å². The molecule has 5 rings (SSSR count). The number of carbonyl (C=O) groups excluding carboxylic acids is 1. The maximum Gasteiger partial charge on any atom is 0.257 e. The summed E-state index contributed by atoms with van der Waals surface area (Å²) >= 11 is 0. The topological polar surface area (TPSA) is 54.4 Å². The minimum atomic E-state index is -0.475. The molecule has 2 saturated heterocycles. The van der Waals surface area contributed by atoms with Crippen molar-refractivity contribution in [3.8, 4) is 0 Å². The van der Waals surface area contributed by atoms with E-state index in [9.17, 15) is 9.18 Å². The molecule has 3 aliphatic rings. The van der Waals surface area contributed by atoms with Gasteiger partial charge in [0.2, 0.25) is 0 Å². The summed E-state index contributed by atoms with van der Waals surface area (Å²) in [6, 6.07) is 12.4. The lowest BCUT2D eigenvalue weighted by Gasteiger charge is -2.37. The summed E-state index contributed by atoms with van der Waals surface area (Å²) in [6.07, 6.45) is 1.98. The van der Waals surface area contributed by atoms with E-state index in [4.69, 9.17) is 14.6 Å². The van der Waals surface area contributed by atoms with Gasteiger partial charge in [0.15, 0.2) is 5.79 Å². The van der Waals surface area contributed by atoms with Crippen molar-refractivity contribution in [1.82, 2.24) is 9.91 Å². The van der Waals surface area contributed by atoms with Crippen LogP contribution in [0.4, 0.5) is 4.39 Å². The molecular weight excluding hydrogens is 421 g/mol. The highest BCUT2D eigenvalue weighted by Crippen LogP contribution is 2.36. The Bertz CT molecular complexity index is 1070. The third-order valence-corrected chi connectivity index (χ3v) is 6.92. The van der Waals surface area contributed by atoms with Crippen LogP contribution in [0.5, 0.6) is 0 Å². The first-order valence-corrected chi connectivity index (χ1v) is 11.7. The Morgan fingerprint density at radius 3 is 2.58 bits per heavy atom. The van der Waals surface area contributed by atoms with Crippen LogP contribution in [0.25, 0.3) is 0 Å². The molecule has 1 atom stereocenters. The van der Waals surface area contributed by atoms with E-state index in [1.165, 1.54) is 11.1 Å². The average molecular weight is 452 g/mol. The highest BCUT2D eigenvalue weighted by atomic mass is 19.1. The quantitative estimate of drug-likeness (QED) is 0.706. The number of benzene rings is 2. The van der Waals surface area contributed by atoms with Crippen LogP contribution in [0, 0.1) is 19.7 Å². The largest absolute Gasteiger partial charge is 0.347 e. The Morgan fingerprint density at radius 2 is 1.85 bits per heavy atom. The second kappa shape index (κ2) is 8.97. The van der Waals surface area contributed by atoms with Gasteiger partial charge < -0.3 is 9.47 Å². The van der Waals surface area contributed by atoms with E-state index in [-0.39, 0.29) is 18.3 Å². The molecule has 3 heterocycles. The van der Waals surface area contributed by atoms with Crippen molar-refractivity contribution in [2.75, 3.05) is 32.8 Å². The zero-order chi connectivity index (χ0) is 23.0. The van der Waals surface area contributed by atoms with E-state index in [1.54, 1.807) is 12.1 Å². The van der Waals surface area contributed by atoms with Crippen molar-refractivity contribution in [2.24, 2.45) is 5.10 Å². The van der Waals surface area contributed by atoms with Crippen molar-refractivity contribution in [3.63, 3.8) is 0 Å². The number of likely N-dealkylation sites (tertiary alicyclic amines) is 1. The maximum atomic E-state index is 14.8. The molecule has 0 radical (unpaired) electrons. The number of halogens is 1. The van der Waals surface area contributed by atoms with Gasteiger partial charge in [-0.25, -0.2) is 9.40 Å². The fraction of sp³-hybridized carbons (Fsp3) is 0.462. The first-order chi connectivity index (χ1) is 15.9. The molecule has 1 amide bonds. The van der Waals surface area contributed by atoms with Gasteiger partial charge in [-0.3, -0.25) is 9.69 Å². The fourth-order valence-corrected chi connectivity index (χ4v) is 5.04. The van der Waals surface area contributed by atoms with E-state index < -0.39 is 11.8 Å². The Morgan fingerprint density at radius 1 is 1.12 bits per heavy atom. The van der Waals surface area contributed by atoms with Crippen LogP contribution in [0.1, 0.15) is 47.6 Å². The molecular formula is C26H30FN3O3. The summed E-state index contributed by atoms with van der Waals surface area (Å²) < 4.78 is 26.3. The molecule has 6 nitrogen and oxygen atoms in total. The first kappa shape index (κ1) is 22.2. The van der Waals surface area contributed by atoms with Crippen LogP contribution in [0.3, 0.4) is 0 Å². The molecule has 0 bridgehead atoms. The van der Waals surface area contributed by atoms with Crippen molar-refractivity contribution in [3.05, 3.63) is 70.5 Å². The fourth-order valence-electron chi connectivity index (χ4n) is 5.04. The molecule has 0 aromatic heterocycles. The van der Waals surface area contributed by atoms with E-state index in [1.807, 2.05) is 19.9 Å². The Hall–Kier alpha value is -2.61. The predicted molar refractivity (Wildman–Crippen MR) is 123 cm³/mol. The number of rotatable bonds is 4. The summed E-state index contributed by atoms with van der Waals surface area (Å²) in [5.41, 5.74) is 4.56.